The quantitative estimate of drug-likeness (QED) is 0.141. The topological polar surface area (TPSA) is 9.86 Å². The van der Waals surface area contributed by atoms with Gasteiger partial charge in [-0.25, -0.2) is 0 Å². The molecular weight excluding hydrogens is 929 g/mol. The van der Waals surface area contributed by atoms with Crippen LogP contribution < -0.4 is 0 Å². The summed E-state index contributed by atoms with van der Waals surface area (Å²) in [5.41, 5.74) is 29.1. The van der Waals surface area contributed by atoms with E-state index in [-0.39, 0.29) is 10.8 Å². The molecule has 11 aromatic carbocycles. The first-order valence-corrected chi connectivity index (χ1v) is 27.1. The van der Waals surface area contributed by atoms with Crippen LogP contribution in [0, 0.1) is 6.92 Å². The molecule has 0 saturated heterocycles. The molecular formula is C75H56N2. The lowest BCUT2D eigenvalue weighted by Gasteiger charge is -2.24. The molecule has 366 valence electrons. The predicted octanol–water partition coefficient (Wildman–Crippen LogP) is 20.0. The highest BCUT2D eigenvalue weighted by Gasteiger charge is 2.42. The minimum Gasteiger partial charge on any atom is -0.309 e. The van der Waals surface area contributed by atoms with Crippen molar-refractivity contribution in [1.29, 1.82) is 0 Å². The van der Waals surface area contributed by atoms with Crippen molar-refractivity contribution in [3.63, 3.8) is 0 Å². The molecule has 0 atom stereocenters. The van der Waals surface area contributed by atoms with Crippen LogP contribution in [0.15, 0.2) is 237 Å². The van der Waals surface area contributed by atoms with E-state index in [0.717, 1.165) is 0 Å². The zero-order chi connectivity index (χ0) is 51.7. The third kappa shape index (κ3) is 7.02. The summed E-state index contributed by atoms with van der Waals surface area (Å²) in [4.78, 5) is 0. The standard InChI is InChI=1S/C75H56N2/c1-47-19-35-57(36-20-47)77-71-18-12-10-16-61(71)65-42-53(34-40-73(65)77)55-32-38-59-63-46-68-62(45-69(63)75(4,5)67(59)44-55)58-37-31-54(43-66(58)74(68,2)3)51-29-25-49(26-30-51)22-21-48-23-27-50(28-24-48)52-33-39-72-64(41-52)60-15-9-11-17-70(60)76(72)56-13-7-6-8-14-56/h6-46H,1-5H3/b22-21+. The van der Waals surface area contributed by atoms with Gasteiger partial charge in [-0.2, -0.15) is 0 Å². The minimum atomic E-state index is -0.156. The molecule has 0 bridgehead atoms. The van der Waals surface area contributed by atoms with Gasteiger partial charge in [0, 0.05) is 43.7 Å². The Hall–Kier alpha value is -9.24. The number of para-hydroxylation sites is 3. The van der Waals surface area contributed by atoms with Crippen molar-refractivity contribution in [3.8, 4) is 67.0 Å². The van der Waals surface area contributed by atoms with Crippen LogP contribution in [0.25, 0.3) is 123 Å². The second-order valence-corrected chi connectivity index (χ2v) is 22.6. The Morgan fingerprint density at radius 3 is 1.14 bits per heavy atom. The van der Waals surface area contributed by atoms with Crippen LogP contribution in [0.2, 0.25) is 0 Å². The first-order chi connectivity index (χ1) is 37.6. The van der Waals surface area contributed by atoms with Gasteiger partial charge < -0.3 is 9.13 Å². The lowest BCUT2D eigenvalue weighted by molar-refractivity contribution is 0.652. The van der Waals surface area contributed by atoms with Gasteiger partial charge in [0.1, 0.15) is 0 Å². The number of rotatable bonds is 7. The van der Waals surface area contributed by atoms with Gasteiger partial charge in [0.25, 0.3) is 0 Å². The monoisotopic (exact) mass is 984 g/mol. The SMILES string of the molecule is Cc1ccc(-n2c3ccccc3c3cc(-c4ccc5c(c4)C(C)(C)c4cc6c(cc4-5)C(C)(C)c4cc(-c5ccc(/C=C/c7ccc(-c8ccc9c(c8)c8ccccc8n9-c8ccccc8)cc7)cc5)ccc4-6)ccc32)cc1. The third-order valence-corrected chi connectivity index (χ3v) is 17.4. The molecule has 0 spiro atoms. The summed E-state index contributed by atoms with van der Waals surface area (Å²) in [5, 5.41) is 5.09. The molecule has 2 aliphatic rings. The van der Waals surface area contributed by atoms with Crippen molar-refractivity contribution in [1.82, 2.24) is 9.13 Å². The largest absolute Gasteiger partial charge is 0.309 e. The van der Waals surface area contributed by atoms with Gasteiger partial charge in [0.15, 0.2) is 0 Å². The summed E-state index contributed by atoms with van der Waals surface area (Å²) < 4.78 is 4.77. The fraction of sp³-hybridized carbons (Fsp3) is 0.0933. The summed E-state index contributed by atoms with van der Waals surface area (Å²) in [6.45, 7) is 11.8. The number of aryl methyl sites for hydroxylation is 1. The summed E-state index contributed by atoms with van der Waals surface area (Å²) in [5.74, 6) is 0. The number of benzene rings is 11. The molecule has 77 heavy (non-hydrogen) atoms. The fourth-order valence-electron chi connectivity index (χ4n) is 13.2. The van der Waals surface area contributed by atoms with Crippen LogP contribution in [0.5, 0.6) is 0 Å². The Morgan fingerprint density at radius 2 is 0.649 bits per heavy atom. The third-order valence-electron chi connectivity index (χ3n) is 17.4. The molecule has 0 fully saturated rings. The molecule has 2 heterocycles. The van der Waals surface area contributed by atoms with Crippen molar-refractivity contribution in [2.24, 2.45) is 0 Å². The zero-order valence-electron chi connectivity index (χ0n) is 44.1. The van der Waals surface area contributed by atoms with Crippen molar-refractivity contribution >= 4 is 55.8 Å². The minimum absolute atomic E-state index is 0.149. The number of aromatic nitrogens is 2. The van der Waals surface area contributed by atoms with Crippen molar-refractivity contribution in [2.75, 3.05) is 0 Å². The molecule has 2 nitrogen and oxygen atoms in total. The Bertz CT molecular complexity index is 4580. The summed E-state index contributed by atoms with van der Waals surface area (Å²) in [7, 11) is 0. The summed E-state index contributed by atoms with van der Waals surface area (Å²) >= 11 is 0. The van der Waals surface area contributed by atoms with Crippen LogP contribution >= 0.6 is 0 Å². The van der Waals surface area contributed by atoms with E-state index in [9.17, 15) is 0 Å². The maximum atomic E-state index is 2.53. The van der Waals surface area contributed by atoms with Gasteiger partial charge in [-0.05, 0) is 181 Å². The average molecular weight is 985 g/mol. The molecule has 13 aromatic rings. The smallest absolute Gasteiger partial charge is 0.0541 e. The highest BCUT2D eigenvalue weighted by molar-refractivity contribution is 6.12. The normalized spacial score (nSPS) is 13.9. The predicted molar refractivity (Wildman–Crippen MR) is 327 cm³/mol. The summed E-state index contributed by atoms with van der Waals surface area (Å²) in [6.07, 6.45) is 4.44. The van der Waals surface area contributed by atoms with Crippen molar-refractivity contribution in [3.05, 3.63) is 276 Å². The number of hydrogen-bond acceptors (Lipinski definition) is 0. The van der Waals surface area contributed by atoms with Crippen molar-refractivity contribution < 1.29 is 0 Å². The lowest BCUT2D eigenvalue weighted by Crippen LogP contribution is -2.17. The second kappa shape index (κ2) is 16.9. The van der Waals surface area contributed by atoms with Crippen LogP contribution in [0.1, 0.15) is 66.6 Å². The fourth-order valence-corrected chi connectivity index (χ4v) is 13.2. The maximum Gasteiger partial charge on any atom is 0.0541 e. The Kier molecular flexibility index (Phi) is 9.91. The average Bonchev–Trinajstić information content (AvgIpc) is 4.16. The first-order valence-electron chi connectivity index (χ1n) is 27.1. The highest BCUT2D eigenvalue weighted by atomic mass is 15.0. The van der Waals surface area contributed by atoms with E-state index in [1.54, 1.807) is 0 Å². The van der Waals surface area contributed by atoms with E-state index in [4.69, 9.17) is 0 Å². The first kappa shape index (κ1) is 45.2. The molecule has 2 aromatic heterocycles. The van der Waals surface area contributed by atoms with Gasteiger partial charge in [-0.3, -0.25) is 0 Å². The molecule has 2 aliphatic carbocycles. The van der Waals surface area contributed by atoms with E-state index < -0.39 is 0 Å². The van der Waals surface area contributed by atoms with Crippen LogP contribution in [0.3, 0.4) is 0 Å². The van der Waals surface area contributed by atoms with E-state index in [1.807, 2.05) is 0 Å². The Labute approximate surface area is 450 Å². The molecule has 2 heteroatoms. The number of fused-ring (bicyclic) bond motifs is 12. The zero-order valence-corrected chi connectivity index (χ0v) is 44.1. The number of nitrogens with zero attached hydrogens (tertiary/aromatic N) is 2. The van der Waals surface area contributed by atoms with Crippen LogP contribution in [-0.4, -0.2) is 9.13 Å². The lowest BCUT2D eigenvalue weighted by atomic mass is 9.79. The van der Waals surface area contributed by atoms with Crippen LogP contribution in [0.4, 0.5) is 0 Å². The second-order valence-electron chi connectivity index (χ2n) is 22.6. The molecule has 0 unspecified atom stereocenters. The Balaban J connectivity index is 0.677. The summed E-state index contributed by atoms with van der Waals surface area (Å²) in [6, 6.07) is 88.3. The molecule has 15 rings (SSSR count). The molecule has 0 saturated carbocycles. The molecule has 0 radical (unpaired) electrons. The van der Waals surface area contributed by atoms with E-state index >= 15 is 0 Å². The molecule has 0 N–H and O–H groups in total. The van der Waals surface area contributed by atoms with Gasteiger partial charge >= 0.3 is 0 Å². The van der Waals surface area contributed by atoms with Crippen LogP contribution in [-0.2, 0) is 10.8 Å². The van der Waals surface area contributed by atoms with Gasteiger partial charge in [-0.15, -0.1) is 0 Å². The highest BCUT2D eigenvalue weighted by Crippen LogP contribution is 2.57. The maximum absolute atomic E-state index is 2.53. The van der Waals surface area contributed by atoms with Gasteiger partial charge in [0.2, 0.25) is 0 Å². The van der Waals surface area contributed by atoms with Gasteiger partial charge in [0.05, 0.1) is 22.1 Å². The van der Waals surface area contributed by atoms with E-state index in [0.29, 0.717) is 0 Å². The van der Waals surface area contributed by atoms with Crippen molar-refractivity contribution in [2.45, 2.75) is 45.4 Å². The molecule has 0 amide bonds. The Morgan fingerprint density at radius 1 is 0.286 bits per heavy atom. The van der Waals surface area contributed by atoms with Gasteiger partial charge in [-0.1, -0.05) is 197 Å². The van der Waals surface area contributed by atoms with E-state index in [1.165, 1.54) is 150 Å². The number of hydrogen-bond donors (Lipinski definition) is 0. The molecule has 0 aliphatic heterocycles. The van der Waals surface area contributed by atoms with E-state index in [2.05, 4.69) is 292 Å².